The molecule has 0 spiro atoms. The Labute approximate surface area is 165 Å². The number of sulfonamides is 1. The van der Waals surface area contributed by atoms with Crippen LogP contribution in [0.25, 0.3) is 0 Å². The van der Waals surface area contributed by atoms with Gasteiger partial charge >= 0.3 is 0 Å². The molecular weight excluding hydrogens is 360 g/mol. The molecule has 6 heteroatoms. The summed E-state index contributed by atoms with van der Waals surface area (Å²) in [4.78, 5) is 0. The SMILES string of the molecule is Cc1ccc(NCCCCCNS(=O)(=O)C(C)(C)C)c(C)c1OCC1CC1. The first kappa shape index (κ1) is 22.0. The van der Waals surface area contributed by atoms with Crippen LogP contribution in [0.2, 0.25) is 0 Å². The quantitative estimate of drug-likeness (QED) is 0.544. The Balaban J connectivity index is 1.70. The smallest absolute Gasteiger partial charge is 0.216 e. The van der Waals surface area contributed by atoms with Crippen LogP contribution in [-0.2, 0) is 10.0 Å². The Bertz CT molecular complexity index is 720. The highest BCUT2D eigenvalue weighted by Gasteiger charge is 2.28. The number of rotatable bonds is 11. The third kappa shape index (κ3) is 6.68. The fourth-order valence-corrected chi connectivity index (χ4v) is 3.65. The molecule has 0 unspecified atom stereocenters. The molecule has 1 aliphatic rings. The van der Waals surface area contributed by atoms with Gasteiger partial charge in [-0.1, -0.05) is 12.5 Å². The van der Waals surface area contributed by atoms with E-state index in [2.05, 4.69) is 36.0 Å². The fourth-order valence-electron chi connectivity index (χ4n) is 2.80. The number of anilines is 1. The van der Waals surface area contributed by atoms with Gasteiger partial charge in [-0.2, -0.15) is 0 Å². The number of benzene rings is 1. The highest BCUT2D eigenvalue weighted by molar-refractivity contribution is 7.90. The monoisotopic (exact) mass is 396 g/mol. The van der Waals surface area contributed by atoms with Crippen LogP contribution in [0.4, 0.5) is 5.69 Å². The first-order chi connectivity index (χ1) is 12.6. The second-order valence-electron chi connectivity index (χ2n) is 8.64. The number of hydrogen-bond donors (Lipinski definition) is 2. The molecule has 2 N–H and O–H groups in total. The molecule has 0 radical (unpaired) electrons. The molecule has 0 aliphatic heterocycles. The van der Waals surface area contributed by atoms with Crippen LogP contribution in [0.1, 0.15) is 64.0 Å². The average Bonchev–Trinajstić information content (AvgIpc) is 3.39. The van der Waals surface area contributed by atoms with E-state index in [1.165, 1.54) is 24.0 Å². The van der Waals surface area contributed by atoms with Gasteiger partial charge in [0.05, 0.1) is 11.4 Å². The molecule has 0 atom stereocenters. The maximum atomic E-state index is 12.0. The highest BCUT2D eigenvalue weighted by Crippen LogP contribution is 2.33. The number of nitrogens with one attached hydrogen (secondary N) is 2. The van der Waals surface area contributed by atoms with Gasteiger partial charge in [0.15, 0.2) is 0 Å². The first-order valence-electron chi connectivity index (χ1n) is 10.1. The van der Waals surface area contributed by atoms with E-state index < -0.39 is 14.8 Å². The maximum absolute atomic E-state index is 12.0. The highest BCUT2D eigenvalue weighted by atomic mass is 32.2. The van der Waals surface area contributed by atoms with Crippen LogP contribution in [0.15, 0.2) is 12.1 Å². The van der Waals surface area contributed by atoms with E-state index in [0.717, 1.165) is 49.8 Å². The standard InChI is InChI=1S/C21H36N2O3S/c1-16-9-12-19(17(2)20(16)26-15-18-10-11-18)22-13-7-6-8-14-23-27(24,25)21(3,4)5/h9,12,18,22-23H,6-8,10-11,13-15H2,1-5H3. The largest absolute Gasteiger partial charge is 0.493 e. The third-order valence-electron chi connectivity index (χ3n) is 5.03. The molecule has 1 fully saturated rings. The number of hydrogen-bond acceptors (Lipinski definition) is 4. The number of ether oxygens (including phenoxy) is 1. The zero-order valence-electron chi connectivity index (χ0n) is 17.5. The minimum Gasteiger partial charge on any atom is -0.493 e. The van der Waals surface area contributed by atoms with Crippen LogP contribution < -0.4 is 14.8 Å². The molecule has 0 bridgehead atoms. The molecule has 0 aromatic heterocycles. The number of aryl methyl sites for hydroxylation is 1. The zero-order chi connectivity index (χ0) is 20.1. The van der Waals surface area contributed by atoms with Gasteiger partial charge < -0.3 is 10.1 Å². The molecule has 27 heavy (non-hydrogen) atoms. The molecule has 1 saturated carbocycles. The van der Waals surface area contributed by atoms with Crippen LogP contribution in [0.3, 0.4) is 0 Å². The second kappa shape index (κ2) is 9.28. The summed E-state index contributed by atoms with van der Waals surface area (Å²) < 4.78 is 32.0. The van der Waals surface area contributed by atoms with Gasteiger partial charge in [0.25, 0.3) is 0 Å². The van der Waals surface area contributed by atoms with Gasteiger partial charge in [-0.25, -0.2) is 13.1 Å². The van der Waals surface area contributed by atoms with Gasteiger partial charge in [0, 0.05) is 24.3 Å². The lowest BCUT2D eigenvalue weighted by atomic mass is 10.1. The Kier molecular flexibility index (Phi) is 7.57. The molecule has 0 amide bonds. The predicted octanol–water partition coefficient (Wildman–Crippen LogP) is 4.39. The zero-order valence-corrected chi connectivity index (χ0v) is 18.3. The summed E-state index contributed by atoms with van der Waals surface area (Å²) in [5.41, 5.74) is 3.48. The molecular formula is C21H36N2O3S. The van der Waals surface area contributed by atoms with E-state index in [1.807, 2.05) is 0 Å². The van der Waals surface area contributed by atoms with E-state index in [-0.39, 0.29) is 0 Å². The molecule has 154 valence electrons. The van der Waals surface area contributed by atoms with Crippen LogP contribution in [0.5, 0.6) is 5.75 Å². The summed E-state index contributed by atoms with van der Waals surface area (Å²) in [6.07, 6.45) is 5.42. The van der Waals surface area contributed by atoms with Crippen LogP contribution in [0, 0.1) is 19.8 Å². The van der Waals surface area contributed by atoms with Crippen molar-refractivity contribution in [2.24, 2.45) is 5.92 Å². The van der Waals surface area contributed by atoms with Crippen molar-refractivity contribution in [3.05, 3.63) is 23.3 Å². The van der Waals surface area contributed by atoms with Crippen molar-refractivity contribution in [2.45, 2.75) is 71.5 Å². The van der Waals surface area contributed by atoms with Gasteiger partial charge in [-0.05, 0) is 77.8 Å². The lowest BCUT2D eigenvalue weighted by Crippen LogP contribution is -2.39. The Hall–Kier alpha value is -1.27. The fraction of sp³-hybridized carbons (Fsp3) is 0.714. The Morgan fingerprint density at radius 1 is 1.07 bits per heavy atom. The molecule has 1 aromatic rings. The van der Waals surface area contributed by atoms with Crippen molar-refractivity contribution >= 4 is 15.7 Å². The van der Waals surface area contributed by atoms with Crippen molar-refractivity contribution in [1.29, 1.82) is 0 Å². The van der Waals surface area contributed by atoms with E-state index >= 15 is 0 Å². The lowest BCUT2D eigenvalue weighted by Gasteiger charge is -2.19. The second-order valence-corrected chi connectivity index (χ2v) is 11.2. The topological polar surface area (TPSA) is 67.4 Å². The van der Waals surface area contributed by atoms with Gasteiger partial charge in [-0.3, -0.25) is 0 Å². The summed E-state index contributed by atoms with van der Waals surface area (Å²) in [5.74, 6) is 1.76. The minimum atomic E-state index is -3.23. The Morgan fingerprint density at radius 2 is 1.74 bits per heavy atom. The van der Waals surface area contributed by atoms with Crippen LogP contribution in [-0.4, -0.2) is 32.9 Å². The summed E-state index contributed by atoms with van der Waals surface area (Å²) in [6, 6.07) is 4.23. The molecule has 2 rings (SSSR count). The minimum absolute atomic E-state index is 0.502. The van der Waals surface area contributed by atoms with Crippen molar-refractivity contribution in [1.82, 2.24) is 4.72 Å². The van der Waals surface area contributed by atoms with E-state index in [9.17, 15) is 8.42 Å². The Morgan fingerprint density at radius 3 is 2.37 bits per heavy atom. The molecule has 1 aromatic carbocycles. The average molecular weight is 397 g/mol. The van der Waals surface area contributed by atoms with E-state index in [4.69, 9.17) is 4.74 Å². The summed E-state index contributed by atoms with van der Waals surface area (Å²) >= 11 is 0. The van der Waals surface area contributed by atoms with Gasteiger partial charge in [0.1, 0.15) is 5.75 Å². The summed E-state index contributed by atoms with van der Waals surface area (Å²) in [5, 5.41) is 3.50. The van der Waals surface area contributed by atoms with Crippen LogP contribution >= 0.6 is 0 Å². The van der Waals surface area contributed by atoms with Crippen molar-refractivity contribution in [3.8, 4) is 5.75 Å². The maximum Gasteiger partial charge on any atom is 0.216 e. The van der Waals surface area contributed by atoms with Crippen molar-refractivity contribution in [2.75, 3.05) is 25.0 Å². The predicted molar refractivity (Wildman–Crippen MR) is 113 cm³/mol. The van der Waals surface area contributed by atoms with E-state index in [0.29, 0.717) is 6.54 Å². The van der Waals surface area contributed by atoms with Crippen molar-refractivity contribution < 1.29 is 13.2 Å². The molecule has 0 saturated heterocycles. The lowest BCUT2D eigenvalue weighted by molar-refractivity contribution is 0.296. The normalized spacial score (nSPS) is 15.0. The molecule has 5 nitrogen and oxygen atoms in total. The molecule has 0 heterocycles. The summed E-state index contributed by atoms with van der Waals surface area (Å²) in [7, 11) is -3.23. The van der Waals surface area contributed by atoms with E-state index in [1.54, 1.807) is 20.8 Å². The summed E-state index contributed by atoms with van der Waals surface area (Å²) in [6.45, 7) is 11.6. The number of unbranched alkanes of at least 4 members (excludes halogenated alkanes) is 2. The van der Waals surface area contributed by atoms with Gasteiger partial charge in [-0.15, -0.1) is 0 Å². The molecule has 1 aliphatic carbocycles. The first-order valence-corrected chi connectivity index (χ1v) is 11.6. The third-order valence-corrected chi connectivity index (χ3v) is 7.23. The van der Waals surface area contributed by atoms with Crippen molar-refractivity contribution in [3.63, 3.8) is 0 Å². The van der Waals surface area contributed by atoms with Gasteiger partial charge in [0.2, 0.25) is 10.0 Å².